The van der Waals surface area contributed by atoms with E-state index >= 15 is 0 Å². The minimum absolute atomic E-state index is 0.0622. The van der Waals surface area contributed by atoms with Crippen LogP contribution in [0.15, 0.2) is 48.5 Å². The minimum Gasteiger partial charge on any atom is -0.486 e. The number of carbonyl (C=O) groups is 1. The Balaban J connectivity index is 1.80. The molecule has 2 heterocycles. The average Bonchev–Trinajstić information content (AvgIpc) is 3.07. The lowest BCUT2D eigenvalue weighted by Gasteiger charge is -2.18. The standard InChI is InChI=1S/C18H13ClN2O4/c19-12-2-4-13(5-3-12)21-15(18(22)23)10-14(20-21)11-1-6-16-17(9-11)25-8-7-24-16/h1-6,9-10H,7-8H2,(H,22,23). The molecule has 6 nitrogen and oxygen atoms in total. The van der Waals surface area contributed by atoms with Crippen LogP contribution in [0.1, 0.15) is 10.5 Å². The monoisotopic (exact) mass is 356 g/mol. The van der Waals surface area contributed by atoms with E-state index in [1.807, 2.05) is 6.07 Å². The van der Waals surface area contributed by atoms with Gasteiger partial charge in [-0.1, -0.05) is 11.6 Å². The van der Waals surface area contributed by atoms with Crippen LogP contribution in [0.4, 0.5) is 0 Å². The van der Waals surface area contributed by atoms with Crippen LogP contribution in [0.5, 0.6) is 11.5 Å². The third kappa shape index (κ3) is 2.92. The van der Waals surface area contributed by atoms with Gasteiger partial charge in [0.25, 0.3) is 0 Å². The minimum atomic E-state index is -1.06. The summed E-state index contributed by atoms with van der Waals surface area (Å²) in [6.07, 6.45) is 0. The first-order valence-electron chi connectivity index (χ1n) is 7.61. The molecule has 0 saturated heterocycles. The van der Waals surface area contributed by atoms with Gasteiger partial charge < -0.3 is 14.6 Å². The Labute approximate surface area is 148 Å². The molecule has 1 aliphatic heterocycles. The highest BCUT2D eigenvalue weighted by Crippen LogP contribution is 2.34. The number of carboxylic acids is 1. The van der Waals surface area contributed by atoms with Crippen LogP contribution in [0.3, 0.4) is 0 Å². The van der Waals surface area contributed by atoms with Gasteiger partial charge in [-0.15, -0.1) is 0 Å². The van der Waals surface area contributed by atoms with E-state index in [0.717, 1.165) is 5.56 Å². The molecule has 2 aromatic carbocycles. The van der Waals surface area contributed by atoms with Crippen LogP contribution in [0.25, 0.3) is 16.9 Å². The third-order valence-corrected chi connectivity index (χ3v) is 4.09. The molecular formula is C18H13ClN2O4. The number of aromatic nitrogens is 2. The van der Waals surface area contributed by atoms with Crippen molar-refractivity contribution >= 4 is 17.6 Å². The van der Waals surface area contributed by atoms with Gasteiger partial charge in [0.2, 0.25) is 0 Å². The van der Waals surface area contributed by atoms with Crippen molar-refractivity contribution in [2.45, 2.75) is 0 Å². The normalized spacial score (nSPS) is 12.8. The van der Waals surface area contributed by atoms with Gasteiger partial charge in [0.05, 0.1) is 11.4 Å². The topological polar surface area (TPSA) is 73.6 Å². The Morgan fingerprint density at radius 1 is 1.04 bits per heavy atom. The highest BCUT2D eigenvalue weighted by atomic mass is 35.5. The van der Waals surface area contributed by atoms with Crippen molar-refractivity contribution in [1.82, 2.24) is 9.78 Å². The lowest BCUT2D eigenvalue weighted by atomic mass is 10.1. The summed E-state index contributed by atoms with van der Waals surface area (Å²) in [4.78, 5) is 11.6. The summed E-state index contributed by atoms with van der Waals surface area (Å²) < 4.78 is 12.5. The predicted octanol–water partition coefficient (Wildman–Crippen LogP) is 3.66. The van der Waals surface area contributed by atoms with Crippen molar-refractivity contribution < 1.29 is 19.4 Å². The number of benzene rings is 2. The fourth-order valence-electron chi connectivity index (χ4n) is 2.66. The second-order valence-electron chi connectivity index (χ2n) is 5.47. The van der Waals surface area contributed by atoms with E-state index in [1.54, 1.807) is 36.4 Å². The molecule has 126 valence electrons. The maximum atomic E-state index is 11.6. The van der Waals surface area contributed by atoms with Crippen LogP contribution in [-0.2, 0) is 0 Å². The smallest absolute Gasteiger partial charge is 0.354 e. The molecule has 0 unspecified atom stereocenters. The fourth-order valence-corrected chi connectivity index (χ4v) is 2.78. The maximum absolute atomic E-state index is 11.6. The predicted molar refractivity (Wildman–Crippen MR) is 92.0 cm³/mol. The lowest BCUT2D eigenvalue weighted by Crippen LogP contribution is -2.15. The molecule has 4 rings (SSSR count). The van der Waals surface area contributed by atoms with Gasteiger partial charge in [-0.05, 0) is 48.5 Å². The van der Waals surface area contributed by atoms with Gasteiger partial charge in [-0.3, -0.25) is 0 Å². The number of nitrogens with zero attached hydrogens (tertiary/aromatic N) is 2. The second-order valence-corrected chi connectivity index (χ2v) is 5.90. The Bertz CT molecular complexity index is 950. The number of rotatable bonds is 3. The number of fused-ring (bicyclic) bond motifs is 1. The van der Waals surface area contributed by atoms with Gasteiger partial charge in [-0.25, -0.2) is 9.48 Å². The molecule has 1 N–H and O–H groups in total. The lowest BCUT2D eigenvalue weighted by molar-refractivity contribution is 0.0687. The van der Waals surface area contributed by atoms with Gasteiger partial charge in [0.1, 0.15) is 13.2 Å². The third-order valence-electron chi connectivity index (χ3n) is 3.84. The van der Waals surface area contributed by atoms with Crippen molar-refractivity contribution in [3.63, 3.8) is 0 Å². The van der Waals surface area contributed by atoms with Crippen molar-refractivity contribution in [2.24, 2.45) is 0 Å². The summed E-state index contributed by atoms with van der Waals surface area (Å²) in [5.74, 6) is 0.235. The van der Waals surface area contributed by atoms with E-state index in [-0.39, 0.29) is 5.69 Å². The van der Waals surface area contributed by atoms with Crippen molar-refractivity contribution in [3.8, 4) is 28.4 Å². The first-order valence-corrected chi connectivity index (χ1v) is 7.99. The average molecular weight is 357 g/mol. The zero-order valence-corrected chi connectivity index (χ0v) is 13.7. The number of ether oxygens (including phenoxy) is 2. The molecule has 0 radical (unpaired) electrons. The highest BCUT2D eigenvalue weighted by molar-refractivity contribution is 6.30. The summed E-state index contributed by atoms with van der Waals surface area (Å²) in [6, 6.07) is 13.8. The highest BCUT2D eigenvalue weighted by Gasteiger charge is 2.19. The number of carboxylic acid groups (broad SMARTS) is 1. The summed E-state index contributed by atoms with van der Waals surface area (Å²) in [5.41, 5.74) is 1.96. The van der Waals surface area contributed by atoms with Crippen LogP contribution in [0, 0.1) is 0 Å². The first-order chi connectivity index (χ1) is 12.1. The summed E-state index contributed by atoms with van der Waals surface area (Å²) in [5, 5.41) is 14.5. The molecule has 7 heteroatoms. The largest absolute Gasteiger partial charge is 0.486 e. The van der Waals surface area contributed by atoms with Crippen LogP contribution < -0.4 is 9.47 Å². The molecule has 0 amide bonds. The van der Waals surface area contributed by atoms with Gasteiger partial charge in [-0.2, -0.15) is 5.10 Å². The van der Waals surface area contributed by atoms with E-state index in [1.165, 1.54) is 10.7 Å². The maximum Gasteiger partial charge on any atom is 0.354 e. The second kappa shape index (κ2) is 6.14. The van der Waals surface area contributed by atoms with E-state index < -0.39 is 5.97 Å². The Hall–Kier alpha value is -2.99. The SMILES string of the molecule is O=C(O)c1cc(-c2ccc3c(c2)OCCO3)nn1-c1ccc(Cl)cc1. The Morgan fingerprint density at radius 2 is 1.76 bits per heavy atom. The van der Waals surface area contributed by atoms with Crippen molar-refractivity contribution in [3.05, 3.63) is 59.2 Å². The van der Waals surface area contributed by atoms with Gasteiger partial charge in [0.15, 0.2) is 17.2 Å². The molecule has 1 aromatic heterocycles. The summed E-state index contributed by atoms with van der Waals surface area (Å²) >= 11 is 5.90. The number of hydrogen-bond donors (Lipinski definition) is 1. The first kappa shape index (κ1) is 15.5. The molecule has 25 heavy (non-hydrogen) atoms. The zero-order chi connectivity index (χ0) is 17.4. The number of aromatic carboxylic acids is 1. The number of hydrogen-bond acceptors (Lipinski definition) is 4. The van der Waals surface area contributed by atoms with Gasteiger partial charge >= 0.3 is 5.97 Å². The van der Waals surface area contributed by atoms with E-state index in [4.69, 9.17) is 21.1 Å². The van der Waals surface area contributed by atoms with Crippen molar-refractivity contribution in [1.29, 1.82) is 0 Å². The molecule has 0 bridgehead atoms. The zero-order valence-electron chi connectivity index (χ0n) is 13.0. The molecule has 0 saturated carbocycles. The van der Waals surface area contributed by atoms with E-state index in [0.29, 0.717) is 41.1 Å². The van der Waals surface area contributed by atoms with Gasteiger partial charge in [0, 0.05) is 10.6 Å². The molecule has 0 atom stereocenters. The molecular weight excluding hydrogens is 344 g/mol. The summed E-state index contributed by atoms with van der Waals surface area (Å²) in [6.45, 7) is 0.997. The molecule has 0 aliphatic carbocycles. The number of halogens is 1. The van der Waals surface area contributed by atoms with E-state index in [2.05, 4.69) is 5.10 Å². The van der Waals surface area contributed by atoms with E-state index in [9.17, 15) is 9.90 Å². The van der Waals surface area contributed by atoms with Crippen LogP contribution >= 0.6 is 11.6 Å². The molecule has 0 fully saturated rings. The molecule has 3 aromatic rings. The van der Waals surface area contributed by atoms with Crippen LogP contribution in [0.2, 0.25) is 5.02 Å². The molecule has 1 aliphatic rings. The fraction of sp³-hybridized carbons (Fsp3) is 0.111. The van der Waals surface area contributed by atoms with Crippen molar-refractivity contribution in [2.75, 3.05) is 13.2 Å². The van der Waals surface area contributed by atoms with Crippen LogP contribution in [-0.4, -0.2) is 34.1 Å². The Kier molecular flexibility index (Phi) is 3.82. The quantitative estimate of drug-likeness (QED) is 0.775. The Morgan fingerprint density at radius 3 is 2.48 bits per heavy atom. The molecule has 0 spiro atoms. The summed E-state index contributed by atoms with van der Waals surface area (Å²) in [7, 11) is 0.